The zero-order chi connectivity index (χ0) is 21.6. The molecule has 0 bridgehead atoms. The second-order valence-corrected chi connectivity index (χ2v) is 10.4. The molecule has 1 aromatic carbocycles. The topological polar surface area (TPSA) is 70.2 Å². The Kier molecular flexibility index (Phi) is 8.13. The van der Waals surface area contributed by atoms with E-state index in [2.05, 4.69) is 17.0 Å². The summed E-state index contributed by atoms with van der Waals surface area (Å²) < 4.78 is 31.6. The number of hydrogen-bond acceptors (Lipinski definition) is 5. The molecule has 0 saturated carbocycles. The molecule has 0 aliphatic carbocycles. The second-order valence-electron chi connectivity index (χ2n) is 8.32. The van der Waals surface area contributed by atoms with Crippen LogP contribution in [0, 0.1) is 5.92 Å². The highest BCUT2D eigenvalue weighted by atomic mass is 32.2. The zero-order valence-electron chi connectivity index (χ0n) is 18.3. The quantitative estimate of drug-likeness (QED) is 0.654. The van der Waals surface area contributed by atoms with Gasteiger partial charge in [0.2, 0.25) is 15.9 Å². The van der Waals surface area contributed by atoms with E-state index in [1.807, 2.05) is 24.0 Å². The molecule has 0 N–H and O–H groups in total. The van der Waals surface area contributed by atoms with Crippen LogP contribution in [0.3, 0.4) is 0 Å². The first-order valence-electron chi connectivity index (χ1n) is 11.0. The molecule has 2 heterocycles. The predicted octanol–water partition coefficient (Wildman–Crippen LogP) is 2.18. The molecule has 2 aliphatic heterocycles. The third kappa shape index (κ3) is 5.95. The largest absolute Gasteiger partial charge is 0.497 e. The number of hydrogen-bond donors (Lipinski definition) is 0. The molecule has 7 nitrogen and oxygen atoms in total. The third-order valence-corrected chi connectivity index (χ3v) is 8.10. The van der Waals surface area contributed by atoms with Crippen molar-refractivity contribution in [2.24, 2.45) is 5.92 Å². The van der Waals surface area contributed by atoms with Gasteiger partial charge in [-0.3, -0.25) is 9.69 Å². The zero-order valence-corrected chi connectivity index (χ0v) is 19.1. The third-order valence-electron chi connectivity index (χ3n) is 6.05. The Hall–Kier alpha value is -1.64. The average Bonchev–Trinajstić information content (AvgIpc) is 2.99. The number of amides is 1. The minimum absolute atomic E-state index is 0.123. The minimum atomic E-state index is -3.24. The lowest BCUT2D eigenvalue weighted by atomic mass is 9.98. The van der Waals surface area contributed by atoms with Gasteiger partial charge < -0.3 is 9.64 Å². The summed E-state index contributed by atoms with van der Waals surface area (Å²) in [6.45, 7) is 6.86. The van der Waals surface area contributed by atoms with Crippen LogP contribution < -0.4 is 4.74 Å². The van der Waals surface area contributed by atoms with E-state index < -0.39 is 10.0 Å². The van der Waals surface area contributed by atoms with Gasteiger partial charge in [0.1, 0.15) is 5.75 Å². The summed E-state index contributed by atoms with van der Waals surface area (Å²) in [4.78, 5) is 17.5. The lowest BCUT2D eigenvalue weighted by molar-refractivity contribution is -0.136. The molecule has 2 aliphatic rings. The van der Waals surface area contributed by atoms with Gasteiger partial charge in [0.15, 0.2) is 0 Å². The first kappa shape index (κ1) is 23.0. The lowest BCUT2D eigenvalue weighted by Crippen LogP contribution is -2.48. The monoisotopic (exact) mass is 437 g/mol. The van der Waals surface area contributed by atoms with Gasteiger partial charge in [-0.15, -0.1) is 0 Å². The van der Waals surface area contributed by atoms with Crippen LogP contribution in [0.25, 0.3) is 0 Å². The molecule has 1 aromatic rings. The Bertz CT molecular complexity index is 797. The number of piperidine rings is 1. The van der Waals surface area contributed by atoms with Gasteiger partial charge in [-0.2, -0.15) is 0 Å². The summed E-state index contributed by atoms with van der Waals surface area (Å²) in [5, 5.41) is 0. The lowest BCUT2D eigenvalue weighted by Gasteiger charge is -2.34. The molecule has 0 radical (unpaired) electrons. The van der Waals surface area contributed by atoms with Crippen LogP contribution in [0.15, 0.2) is 24.3 Å². The predicted molar refractivity (Wildman–Crippen MR) is 118 cm³/mol. The van der Waals surface area contributed by atoms with Crippen molar-refractivity contribution in [3.63, 3.8) is 0 Å². The molecule has 30 heavy (non-hydrogen) atoms. The number of methoxy groups -OCH3 is 1. The molecule has 1 atom stereocenters. The summed E-state index contributed by atoms with van der Waals surface area (Å²) in [7, 11) is -1.57. The molecule has 2 saturated heterocycles. The summed E-state index contributed by atoms with van der Waals surface area (Å²) in [6.07, 6.45) is 3.08. The summed E-state index contributed by atoms with van der Waals surface area (Å²) in [6, 6.07) is 8.12. The van der Waals surface area contributed by atoms with Crippen molar-refractivity contribution in [1.82, 2.24) is 14.1 Å². The standard InChI is InChI=1S/C22H35N3O4S/c1-3-16-30(27,28)25-13-4-6-20(18-25)22(26)24-12-5-11-23(14-15-24)17-19-7-9-21(29-2)10-8-19/h7-10,20H,3-6,11-18H2,1-2H3. The van der Waals surface area contributed by atoms with E-state index in [1.54, 1.807) is 7.11 Å². The maximum Gasteiger partial charge on any atom is 0.227 e. The van der Waals surface area contributed by atoms with Crippen molar-refractivity contribution in [2.45, 2.75) is 39.2 Å². The van der Waals surface area contributed by atoms with Gasteiger partial charge in [0, 0.05) is 45.8 Å². The van der Waals surface area contributed by atoms with Crippen molar-refractivity contribution in [1.29, 1.82) is 0 Å². The van der Waals surface area contributed by atoms with Gasteiger partial charge >= 0.3 is 0 Å². The Labute approximate surface area is 181 Å². The van der Waals surface area contributed by atoms with Crippen molar-refractivity contribution < 1.29 is 17.9 Å². The van der Waals surface area contributed by atoms with Crippen molar-refractivity contribution >= 4 is 15.9 Å². The maximum absolute atomic E-state index is 13.1. The number of rotatable bonds is 7. The number of carbonyl (C=O) groups is 1. The summed E-state index contributed by atoms with van der Waals surface area (Å²) in [5.41, 5.74) is 1.24. The number of carbonyl (C=O) groups excluding carboxylic acids is 1. The molecule has 168 valence electrons. The van der Waals surface area contributed by atoms with Crippen molar-refractivity contribution in [3.05, 3.63) is 29.8 Å². The Morgan fingerprint density at radius 1 is 1.07 bits per heavy atom. The van der Waals surface area contributed by atoms with Crippen LogP contribution in [0.1, 0.15) is 38.2 Å². The van der Waals surface area contributed by atoms with Crippen LogP contribution >= 0.6 is 0 Å². The fraction of sp³-hybridized carbons (Fsp3) is 0.682. The van der Waals surface area contributed by atoms with E-state index in [-0.39, 0.29) is 17.6 Å². The first-order chi connectivity index (χ1) is 14.4. The fourth-order valence-electron chi connectivity index (χ4n) is 4.38. The number of nitrogens with zero attached hydrogens (tertiary/aromatic N) is 3. The highest BCUT2D eigenvalue weighted by molar-refractivity contribution is 7.89. The van der Waals surface area contributed by atoms with Gasteiger partial charge in [-0.25, -0.2) is 12.7 Å². The normalized spacial score (nSPS) is 21.9. The fourth-order valence-corrected chi connectivity index (χ4v) is 5.97. The van der Waals surface area contributed by atoms with Crippen LogP contribution in [0.2, 0.25) is 0 Å². The number of benzene rings is 1. The van der Waals surface area contributed by atoms with E-state index in [9.17, 15) is 13.2 Å². The molecule has 1 unspecified atom stereocenters. The minimum Gasteiger partial charge on any atom is -0.497 e. The first-order valence-corrected chi connectivity index (χ1v) is 12.7. The van der Waals surface area contributed by atoms with Crippen LogP contribution in [-0.2, 0) is 21.4 Å². The highest BCUT2D eigenvalue weighted by Crippen LogP contribution is 2.23. The second kappa shape index (κ2) is 10.6. The molecule has 1 amide bonds. The average molecular weight is 438 g/mol. The van der Waals surface area contributed by atoms with Gasteiger partial charge in [-0.05, 0) is 43.4 Å². The van der Waals surface area contributed by atoms with Gasteiger partial charge in [-0.1, -0.05) is 19.1 Å². The highest BCUT2D eigenvalue weighted by Gasteiger charge is 2.34. The SMILES string of the molecule is CCCS(=O)(=O)N1CCCC(C(=O)N2CCCN(Cc3ccc(OC)cc3)CC2)C1. The molecule has 0 spiro atoms. The van der Waals surface area contributed by atoms with E-state index >= 15 is 0 Å². The Morgan fingerprint density at radius 3 is 2.53 bits per heavy atom. The van der Waals surface area contributed by atoms with Crippen LogP contribution in [-0.4, -0.2) is 80.6 Å². The molecular formula is C22H35N3O4S. The summed E-state index contributed by atoms with van der Waals surface area (Å²) >= 11 is 0. The summed E-state index contributed by atoms with van der Waals surface area (Å²) in [5.74, 6) is 0.933. The van der Waals surface area contributed by atoms with E-state index in [4.69, 9.17) is 4.74 Å². The number of sulfonamides is 1. The van der Waals surface area contributed by atoms with E-state index in [1.165, 1.54) is 9.87 Å². The van der Waals surface area contributed by atoms with Crippen LogP contribution in [0.5, 0.6) is 5.75 Å². The maximum atomic E-state index is 13.1. The Balaban J connectivity index is 1.54. The smallest absolute Gasteiger partial charge is 0.227 e. The molecule has 2 fully saturated rings. The van der Waals surface area contributed by atoms with Crippen molar-refractivity contribution in [2.75, 3.05) is 52.1 Å². The van der Waals surface area contributed by atoms with E-state index in [0.29, 0.717) is 26.1 Å². The van der Waals surface area contributed by atoms with Crippen LogP contribution in [0.4, 0.5) is 0 Å². The van der Waals surface area contributed by atoms with Gasteiger partial charge in [0.05, 0.1) is 18.8 Å². The number of ether oxygens (including phenoxy) is 1. The van der Waals surface area contributed by atoms with Crippen molar-refractivity contribution in [3.8, 4) is 5.75 Å². The van der Waals surface area contributed by atoms with E-state index in [0.717, 1.165) is 51.2 Å². The molecule has 0 aromatic heterocycles. The Morgan fingerprint density at radius 2 is 1.83 bits per heavy atom. The van der Waals surface area contributed by atoms with Gasteiger partial charge in [0.25, 0.3) is 0 Å². The molecule has 8 heteroatoms. The molecule has 3 rings (SSSR count). The molecular weight excluding hydrogens is 402 g/mol.